The van der Waals surface area contributed by atoms with Gasteiger partial charge in [-0.1, -0.05) is 35.3 Å². The third-order valence-electron chi connectivity index (χ3n) is 3.52. The molecule has 0 aliphatic rings. The molecule has 0 bridgehead atoms. The fourth-order valence-corrected chi connectivity index (χ4v) is 2.84. The molecule has 2 aromatic heterocycles. The Kier molecular flexibility index (Phi) is 3.48. The molecule has 4 nitrogen and oxygen atoms in total. The lowest BCUT2D eigenvalue weighted by Crippen LogP contribution is -1.99. The molecule has 0 aliphatic heterocycles. The Hall–Kier alpha value is -2.43. The smallest absolute Gasteiger partial charge is 0.168 e. The second-order valence-corrected chi connectivity index (χ2v) is 5.80. The lowest BCUT2D eigenvalue weighted by molar-refractivity contribution is 1.07. The van der Waals surface area contributed by atoms with Gasteiger partial charge < -0.3 is 0 Å². The molecule has 0 N–H and O–H groups in total. The maximum absolute atomic E-state index is 6.36. The van der Waals surface area contributed by atoms with E-state index in [0.717, 1.165) is 16.9 Å². The molecule has 0 aliphatic carbocycles. The predicted octanol–water partition coefficient (Wildman–Crippen LogP) is 4.79. The molecule has 0 atom stereocenters. The third kappa shape index (κ3) is 2.46. The van der Waals surface area contributed by atoms with E-state index in [-0.39, 0.29) is 0 Å². The fourth-order valence-electron chi connectivity index (χ4n) is 2.49. The highest BCUT2D eigenvalue weighted by atomic mass is 35.5. The van der Waals surface area contributed by atoms with Gasteiger partial charge in [0.15, 0.2) is 5.65 Å². The quantitative estimate of drug-likeness (QED) is 0.527. The second kappa shape index (κ2) is 5.65. The van der Waals surface area contributed by atoms with Crippen molar-refractivity contribution in [3.8, 4) is 17.1 Å². The Morgan fingerprint density at radius 3 is 2.48 bits per heavy atom. The zero-order valence-corrected chi connectivity index (χ0v) is 13.3. The molecule has 0 unspecified atom stereocenters. The van der Waals surface area contributed by atoms with Crippen molar-refractivity contribution in [1.82, 2.24) is 19.5 Å². The molecule has 2 heterocycles. The van der Waals surface area contributed by atoms with E-state index in [2.05, 4.69) is 15.0 Å². The summed E-state index contributed by atoms with van der Waals surface area (Å²) >= 11 is 12.4. The molecule has 2 aromatic carbocycles. The first-order valence-corrected chi connectivity index (χ1v) is 7.69. The SMILES string of the molecule is Clc1ccc(-n2c(-c3ccccc3Cl)nc3cncnc32)cc1. The van der Waals surface area contributed by atoms with Gasteiger partial charge in [0, 0.05) is 16.3 Å². The van der Waals surface area contributed by atoms with Crippen LogP contribution in [0.4, 0.5) is 0 Å². The minimum absolute atomic E-state index is 0.631. The maximum atomic E-state index is 6.36. The van der Waals surface area contributed by atoms with Crippen LogP contribution in [-0.4, -0.2) is 19.5 Å². The minimum atomic E-state index is 0.631. The van der Waals surface area contributed by atoms with E-state index < -0.39 is 0 Å². The van der Waals surface area contributed by atoms with Crippen LogP contribution in [0.25, 0.3) is 28.2 Å². The van der Waals surface area contributed by atoms with Gasteiger partial charge in [-0.05, 0) is 36.4 Å². The van der Waals surface area contributed by atoms with Crippen LogP contribution >= 0.6 is 23.2 Å². The van der Waals surface area contributed by atoms with Crippen molar-refractivity contribution in [2.75, 3.05) is 0 Å². The van der Waals surface area contributed by atoms with Crippen molar-refractivity contribution < 1.29 is 0 Å². The normalized spacial score (nSPS) is 11.0. The first-order chi connectivity index (χ1) is 11.2. The largest absolute Gasteiger partial charge is 0.277 e. The Morgan fingerprint density at radius 2 is 1.70 bits per heavy atom. The van der Waals surface area contributed by atoms with Crippen molar-refractivity contribution in [3.05, 3.63) is 71.1 Å². The van der Waals surface area contributed by atoms with Gasteiger partial charge in [0.25, 0.3) is 0 Å². The van der Waals surface area contributed by atoms with Crippen LogP contribution in [0, 0.1) is 0 Å². The topological polar surface area (TPSA) is 43.6 Å². The van der Waals surface area contributed by atoms with Crippen LogP contribution in [0.15, 0.2) is 61.1 Å². The van der Waals surface area contributed by atoms with E-state index in [1.165, 1.54) is 6.33 Å². The minimum Gasteiger partial charge on any atom is -0.277 e. The monoisotopic (exact) mass is 340 g/mol. The molecule has 4 rings (SSSR count). The summed E-state index contributed by atoms with van der Waals surface area (Å²) in [6.07, 6.45) is 3.20. The van der Waals surface area contributed by atoms with Gasteiger partial charge in [-0.15, -0.1) is 0 Å². The van der Waals surface area contributed by atoms with Crippen molar-refractivity contribution >= 4 is 34.4 Å². The van der Waals surface area contributed by atoms with Gasteiger partial charge in [-0.25, -0.2) is 15.0 Å². The summed E-state index contributed by atoms with van der Waals surface area (Å²) in [4.78, 5) is 13.1. The molecule has 4 aromatic rings. The third-order valence-corrected chi connectivity index (χ3v) is 4.10. The number of benzene rings is 2. The summed E-state index contributed by atoms with van der Waals surface area (Å²) in [5, 5.41) is 1.30. The van der Waals surface area contributed by atoms with Crippen LogP contribution in [0.1, 0.15) is 0 Å². The Morgan fingerprint density at radius 1 is 0.913 bits per heavy atom. The van der Waals surface area contributed by atoms with Crippen LogP contribution < -0.4 is 0 Å². The number of imidazole rings is 1. The maximum Gasteiger partial charge on any atom is 0.168 e. The zero-order valence-electron chi connectivity index (χ0n) is 11.8. The second-order valence-electron chi connectivity index (χ2n) is 4.96. The lowest BCUT2D eigenvalue weighted by atomic mass is 10.2. The predicted molar refractivity (Wildman–Crippen MR) is 92.1 cm³/mol. The number of halogens is 2. The first-order valence-electron chi connectivity index (χ1n) is 6.93. The molecule has 0 fully saturated rings. The highest BCUT2D eigenvalue weighted by Gasteiger charge is 2.17. The van der Waals surface area contributed by atoms with Crippen LogP contribution in [-0.2, 0) is 0 Å². The number of fused-ring (bicyclic) bond motifs is 1. The van der Waals surface area contributed by atoms with E-state index in [1.807, 2.05) is 53.1 Å². The standard InChI is InChI=1S/C17H10Cl2N4/c18-11-5-7-12(8-6-11)23-16(13-3-1-2-4-14(13)19)22-15-9-20-10-21-17(15)23/h1-10H. The number of hydrogen-bond donors (Lipinski definition) is 0. The average Bonchev–Trinajstić information content (AvgIpc) is 2.95. The van der Waals surface area contributed by atoms with Crippen LogP contribution in [0.3, 0.4) is 0 Å². The van der Waals surface area contributed by atoms with Gasteiger partial charge in [0.2, 0.25) is 0 Å². The summed E-state index contributed by atoms with van der Waals surface area (Å²) in [6, 6.07) is 15.1. The van der Waals surface area contributed by atoms with Gasteiger partial charge in [-0.2, -0.15) is 0 Å². The molecule has 0 amide bonds. The summed E-state index contributed by atoms with van der Waals surface area (Å²) in [6.45, 7) is 0. The van der Waals surface area contributed by atoms with Gasteiger partial charge in [-0.3, -0.25) is 4.57 Å². The van der Waals surface area contributed by atoms with E-state index in [4.69, 9.17) is 23.2 Å². The number of aromatic nitrogens is 4. The summed E-state index contributed by atoms with van der Waals surface area (Å²) in [5.41, 5.74) is 3.17. The van der Waals surface area contributed by atoms with Gasteiger partial charge in [0.05, 0.1) is 11.2 Å². The van der Waals surface area contributed by atoms with Crippen LogP contribution in [0.5, 0.6) is 0 Å². The van der Waals surface area contributed by atoms with Crippen LogP contribution in [0.2, 0.25) is 10.0 Å². The van der Waals surface area contributed by atoms with E-state index in [0.29, 0.717) is 21.4 Å². The highest BCUT2D eigenvalue weighted by molar-refractivity contribution is 6.33. The molecule has 0 saturated heterocycles. The fraction of sp³-hybridized carbons (Fsp3) is 0. The van der Waals surface area contributed by atoms with Crippen molar-refractivity contribution in [2.45, 2.75) is 0 Å². The van der Waals surface area contributed by atoms with E-state index >= 15 is 0 Å². The van der Waals surface area contributed by atoms with Crippen molar-refractivity contribution in [2.24, 2.45) is 0 Å². The first kappa shape index (κ1) is 14.2. The Balaban J connectivity index is 2.06. The lowest BCUT2D eigenvalue weighted by Gasteiger charge is -2.10. The summed E-state index contributed by atoms with van der Waals surface area (Å²) < 4.78 is 1.95. The molecule has 0 spiro atoms. The Bertz CT molecular complexity index is 993. The summed E-state index contributed by atoms with van der Waals surface area (Å²) in [7, 11) is 0. The average molecular weight is 341 g/mol. The molecular weight excluding hydrogens is 331 g/mol. The number of hydrogen-bond acceptors (Lipinski definition) is 3. The highest BCUT2D eigenvalue weighted by Crippen LogP contribution is 2.31. The van der Waals surface area contributed by atoms with E-state index in [1.54, 1.807) is 6.20 Å². The van der Waals surface area contributed by atoms with Gasteiger partial charge in [0.1, 0.15) is 17.7 Å². The summed E-state index contributed by atoms with van der Waals surface area (Å²) in [5.74, 6) is 0.716. The van der Waals surface area contributed by atoms with Gasteiger partial charge >= 0.3 is 0 Å². The molecule has 0 saturated carbocycles. The molecule has 6 heteroatoms. The zero-order chi connectivity index (χ0) is 15.8. The van der Waals surface area contributed by atoms with Crippen molar-refractivity contribution in [1.29, 1.82) is 0 Å². The molecule has 23 heavy (non-hydrogen) atoms. The molecule has 0 radical (unpaired) electrons. The Labute approximate surface area is 142 Å². The number of rotatable bonds is 2. The van der Waals surface area contributed by atoms with Crippen molar-refractivity contribution in [3.63, 3.8) is 0 Å². The number of nitrogens with zero attached hydrogens (tertiary/aromatic N) is 4. The molecule has 112 valence electrons. The molecular formula is C17H10Cl2N4. The van der Waals surface area contributed by atoms with E-state index in [9.17, 15) is 0 Å².